The Labute approximate surface area is 238 Å². The lowest BCUT2D eigenvalue weighted by Gasteiger charge is -2.36. The predicted octanol–water partition coefficient (Wildman–Crippen LogP) is 7.49. The molecule has 1 unspecified atom stereocenters. The van der Waals surface area contributed by atoms with E-state index in [4.69, 9.17) is 23.2 Å². The minimum atomic E-state index is -0.242. The van der Waals surface area contributed by atoms with Crippen LogP contribution in [0.15, 0.2) is 84.0 Å². The summed E-state index contributed by atoms with van der Waals surface area (Å²) < 4.78 is 3.83. The van der Waals surface area contributed by atoms with Crippen LogP contribution in [0.1, 0.15) is 36.6 Å². The molecular formula is C32H30Cl2N4O. The lowest BCUT2D eigenvalue weighted by atomic mass is 9.88. The number of hydrogen-bond donors (Lipinski definition) is 0. The van der Waals surface area contributed by atoms with E-state index in [1.54, 1.807) is 4.57 Å². The van der Waals surface area contributed by atoms with Crippen molar-refractivity contribution in [3.05, 3.63) is 111 Å². The fourth-order valence-electron chi connectivity index (χ4n) is 5.93. The molecule has 0 radical (unpaired) electrons. The van der Waals surface area contributed by atoms with Crippen LogP contribution >= 0.6 is 23.2 Å². The molecule has 1 saturated heterocycles. The van der Waals surface area contributed by atoms with E-state index in [9.17, 15) is 4.79 Å². The Kier molecular flexibility index (Phi) is 7.06. The van der Waals surface area contributed by atoms with Crippen LogP contribution in [-0.4, -0.2) is 32.1 Å². The number of benzene rings is 3. The monoisotopic (exact) mass is 556 g/mol. The zero-order chi connectivity index (χ0) is 27.1. The molecule has 3 aromatic carbocycles. The normalized spacial score (nSPS) is 15.1. The van der Waals surface area contributed by atoms with Gasteiger partial charge in [0, 0.05) is 40.7 Å². The maximum Gasteiger partial charge on any atom is 0.256 e. The number of piperidine rings is 1. The first kappa shape index (κ1) is 25.9. The summed E-state index contributed by atoms with van der Waals surface area (Å²) in [5.74, 6) is 0. The van der Waals surface area contributed by atoms with Crippen LogP contribution in [0.4, 0.5) is 0 Å². The Morgan fingerprint density at radius 1 is 0.821 bits per heavy atom. The summed E-state index contributed by atoms with van der Waals surface area (Å²) in [6, 6.07) is 21.7. The molecule has 1 aliphatic rings. The van der Waals surface area contributed by atoms with E-state index in [1.807, 2.05) is 79.7 Å². The molecule has 0 saturated carbocycles. The summed E-state index contributed by atoms with van der Waals surface area (Å²) in [5.41, 5.74) is 6.60. The molecule has 0 spiro atoms. The van der Waals surface area contributed by atoms with Crippen LogP contribution in [0.3, 0.4) is 0 Å². The lowest BCUT2D eigenvalue weighted by Crippen LogP contribution is -2.39. The summed E-state index contributed by atoms with van der Waals surface area (Å²) in [5, 5.41) is 2.34. The molecule has 5 aromatic rings. The van der Waals surface area contributed by atoms with Gasteiger partial charge in [-0.15, -0.1) is 0 Å². The first-order chi connectivity index (χ1) is 18.9. The number of likely N-dealkylation sites (tertiary alicyclic amines) is 1. The number of fused-ring (bicyclic) bond motifs is 1. The van der Waals surface area contributed by atoms with E-state index >= 15 is 0 Å². The van der Waals surface area contributed by atoms with Crippen LogP contribution in [0.25, 0.3) is 33.2 Å². The van der Waals surface area contributed by atoms with Gasteiger partial charge in [0.1, 0.15) is 0 Å². The Hall–Kier alpha value is -3.38. The SMILES string of the molecule is Cn1cncc1C(c1c(-c2cccc(Cl)c2)c2cc(-c3ccc(Cl)cc3)ccc2n(C)c1=O)N1CCCCC1. The quantitative estimate of drug-likeness (QED) is 0.225. The van der Waals surface area contributed by atoms with E-state index in [-0.39, 0.29) is 11.6 Å². The molecule has 6 rings (SSSR count). The number of aromatic nitrogens is 3. The van der Waals surface area contributed by atoms with Crippen molar-refractivity contribution < 1.29 is 0 Å². The second kappa shape index (κ2) is 10.6. The van der Waals surface area contributed by atoms with Crippen LogP contribution in [0.2, 0.25) is 10.0 Å². The number of halogens is 2. The van der Waals surface area contributed by atoms with Crippen molar-refractivity contribution in [1.29, 1.82) is 0 Å². The van der Waals surface area contributed by atoms with Crippen molar-refractivity contribution in [3.8, 4) is 22.3 Å². The first-order valence-corrected chi connectivity index (χ1v) is 14.1. The molecule has 0 bridgehead atoms. The molecule has 3 heterocycles. The lowest BCUT2D eigenvalue weighted by molar-refractivity contribution is 0.181. The molecular weight excluding hydrogens is 527 g/mol. The molecule has 7 heteroatoms. The summed E-state index contributed by atoms with van der Waals surface area (Å²) >= 11 is 12.7. The van der Waals surface area contributed by atoms with Crippen molar-refractivity contribution in [2.24, 2.45) is 14.1 Å². The molecule has 1 atom stereocenters. The van der Waals surface area contributed by atoms with E-state index in [0.29, 0.717) is 10.0 Å². The smallest absolute Gasteiger partial charge is 0.256 e. The average Bonchev–Trinajstić information content (AvgIpc) is 3.37. The number of imidazole rings is 1. The number of nitrogens with zero attached hydrogens (tertiary/aromatic N) is 4. The maximum absolute atomic E-state index is 14.4. The van der Waals surface area contributed by atoms with Crippen molar-refractivity contribution in [2.45, 2.75) is 25.3 Å². The Morgan fingerprint density at radius 3 is 2.26 bits per heavy atom. The summed E-state index contributed by atoms with van der Waals surface area (Å²) in [6.45, 7) is 1.85. The Morgan fingerprint density at radius 2 is 1.56 bits per heavy atom. The largest absolute Gasteiger partial charge is 0.336 e. The summed E-state index contributed by atoms with van der Waals surface area (Å²) in [4.78, 5) is 21.3. The third-order valence-corrected chi connectivity index (χ3v) is 8.37. The van der Waals surface area contributed by atoms with Gasteiger partial charge in [0.25, 0.3) is 5.56 Å². The fourth-order valence-corrected chi connectivity index (χ4v) is 6.24. The highest BCUT2D eigenvalue weighted by Gasteiger charge is 2.32. The molecule has 39 heavy (non-hydrogen) atoms. The van der Waals surface area contributed by atoms with Gasteiger partial charge in [-0.3, -0.25) is 9.69 Å². The van der Waals surface area contributed by atoms with Gasteiger partial charge in [-0.05, 0) is 79.0 Å². The minimum absolute atomic E-state index is 0.00603. The molecule has 1 fully saturated rings. The summed E-state index contributed by atoms with van der Waals surface area (Å²) in [6.07, 6.45) is 7.13. The third-order valence-electron chi connectivity index (χ3n) is 7.89. The standard InChI is InChI=1S/C32H30Cl2N4O/c1-36-20-35-19-28(36)31(38-15-4-3-5-16-38)30-29(23-7-6-8-25(34)17-23)26-18-22(21-9-12-24(33)13-10-21)11-14-27(26)37(2)32(30)39/h6-14,17-20,31H,3-5,15-16H2,1-2H3. The molecule has 0 N–H and O–H groups in total. The molecule has 0 amide bonds. The number of hydrogen-bond acceptors (Lipinski definition) is 3. The minimum Gasteiger partial charge on any atom is -0.336 e. The van der Waals surface area contributed by atoms with E-state index in [2.05, 4.69) is 28.1 Å². The molecule has 5 nitrogen and oxygen atoms in total. The van der Waals surface area contributed by atoms with Crippen LogP contribution in [-0.2, 0) is 14.1 Å². The number of pyridine rings is 1. The molecule has 2 aromatic heterocycles. The predicted molar refractivity (Wildman–Crippen MR) is 161 cm³/mol. The van der Waals surface area contributed by atoms with Crippen molar-refractivity contribution in [2.75, 3.05) is 13.1 Å². The highest BCUT2D eigenvalue weighted by molar-refractivity contribution is 6.31. The fraction of sp³-hybridized carbons (Fsp3) is 0.250. The van der Waals surface area contributed by atoms with Crippen LogP contribution in [0.5, 0.6) is 0 Å². The van der Waals surface area contributed by atoms with Gasteiger partial charge in [0.2, 0.25) is 0 Å². The zero-order valence-electron chi connectivity index (χ0n) is 22.1. The van der Waals surface area contributed by atoms with E-state index < -0.39 is 0 Å². The van der Waals surface area contributed by atoms with Gasteiger partial charge in [-0.2, -0.15) is 0 Å². The van der Waals surface area contributed by atoms with Gasteiger partial charge in [0.05, 0.1) is 29.8 Å². The van der Waals surface area contributed by atoms with Crippen LogP contribution < -0.4 is 5.56 Å². The van der Waals surface area contributed by atoms with E-state index in [1.165, 1.54) is 6.42 Å². The second-order valence-electron chi connectivity index (χ2n) is 10.3. The van der Waals surface area contributed by atoms with Crippen molar-refractivity contribution in [1.82, 2.24) is 19.0 Å². The topological polar surface area (TPSA) is 43.1 Å². The molecule has 1 aliphatic heterocycles. The molecule has 0 aliphatic carbocycles. The van der Waals surface area contributed by atoms with Gasteiger partial charge in [-0.1, -0.05) is 60.0 Å². The van der Waals surface area contributed by atoms with E-state index in [0.717, 1.165) is 70.3 Å². The second-order valence-corrected chi connectivity index (χ2v) is 11.2. The average molecular weight is 558 g/mol. The third kappa shape index (κ3) is 4.80. The maximum atomic E-state index is 14.4. The van der Waals surface area contributed by atoms with Gasteiger partial charge in [-0.25, -0.2) is 4.98 Å². The van der Waals surface area contributed by atoms with Gasteiger partial charge in [0.15, 0.2) is 0 Å². The van der Waals surface area contributed by atoms with Gasteiger partial charge < -0.3 is 9.13 Å². The summed E-state index contributed by atoms with van der Waals surface area (Å²) in [7, 11) is 3.87. The Bertz CT molecular complexity index is 1720. The highest BCUT2D eigenvalue weighted by Crippen LogP contribution is 2.40. The van der Waals surface area contributed by atoms with Crippen molar-refractivity contribution in [3.63, 3.8) is 0 Å². The molecule has 198 valence electrons. The highest BCUT2D eigenvalue weighted by atomic mass is 35.5. The zero-order valence-corrected chi connectivity index (χ0v) is 23.6. The number of rotatable bonds is 5. The number of aryl methyl sites for hydroxylation is 2. The van der Waals surface area contributed by atoms with Gasteiger partial charge >= 0.3 is 0 Å². The Balaban J connectivity index is 1.71. The van der Waals surface area contributed by atoms with Crippen molar-refractivity contribution >= 4 is 34.1 Å². The van der Waals surface area contributed by atoms with Crippen LogP contribution in [0, 0.1) is 0 Å². The first-order valence-electron chi connectivity index (χ1n) is 13.3.